The van der Waals surface area contributed by atoms with Crippen LogP contribution in [0.3, 0.4) is 0 Å². The quantitative estimate of drug-likeness (QED) is 0.760. The average molecular weight is 246 g/mol. The summed E-state index contributed by atoms with van der Waals surface area (Å²) in [5, 5.41) is 4.71. The van der Waals surface area contributed by atoms with Crippen LogP contribution in [0, 0.1) is 6.92 Å². The third kappa shape index (κ3) is 3.34. The lowest BCUT2D eigenvalue weighted by molar-refractivity contribution is 0.149. The molecule has 0 aliphatic heterocycles. The molecule has 0 amide bonds. The number of benzene rings is 1. The zero-order chi connectivity index (χ0) is 12.8. The van der Waals surface area contributed by atoms with E-state index in [1.54, 1.807) is 0 Å². The normalized spacial score (nSPS) is 11.2. The largest absolute Gasteiger partial charge is 0.380 e. The molecular formula is C15H22N2O. The molecule has 0 spiro atoms. The van der Waals surface area contributed by atoms with Crippen molar-refractivity contribution in [2.45, 2.75) is 20.4 Å². The summed E-state index contributed by atoms with van der Waals surface area (Å²) in [7, 11) is 0. The molecule has 0 saturated heterocycles. The van der Waals surface area contributed by atoms with Gasteiger partial charge in [-0.25, -0.2) is 0 Å². The molecule has 1 aromatic heterocycles. The van der Waals surface area contributed by atoms with Crippen LogP contribution in [0.25, 0.3) is 10.9 Å². The Labute approximate surface area is 109 Å². The van der Waals surface area contributed by atoms with Crippen molar-refractivity contribution in [3.8, 4) is 0 Å². The van der Waals surface area contributed by atoms with E-state index < -0.39 is 0 Å². The van der Waals surface area contributed by atoms with Crippen LogP contribution in [0.15, 0.2) is 30.5 Å². The summed E-state index contributed by atoms with van der Waals surface area (Å²) in [5.41, 5.74) is 2.63. The van der Waals surface area contributed by atoms with Gasteiger partial charge in [0, 0.05) is 38.0 Å². The molecule has 18 heavy (non-hydrogen) atoms. The van der Waals surface area contributed by atoms with Gasteiger partial charge in [-0.05, 0) is 36.9 Å². The van der Waals surface area contributed by atoms with E-state index in [0.29, 0.717) is 0 Å². The second-order valence-electron chi connectivity index (χ2n) is 4.52. The van der Waals surface area contributed by atoms with Crippen LogP contribution < -0.4 is 5.32 Å². The predicted molar refractivity (Wildman–Crippen MR) is 76.0 cm³/mol. The van der Waals surface area contributed by atoms with Gasteiger partial charge < -0.3 is 14.6 Å². The first-order valence-corrected chi connectivity index (χ1v) is 6.65. The molecule has 1 N–H and O–H groups in total. The molecule has 1 heterocycles. The molecule has 3 heteroatoms. The Morgan fingerprint density at radius 1 is 1.22 bits per heavy atom. The van der Waals surface area contributed by atoms with Crippen LogP contribution in [0.1, 0.15) is 12.5 Å². The SMILES string of the molecule is CCOCCNCCn1ccc2ccc(C)cc21. The molecule has 0 bridgehead atoms. The van der Waals surface area contributed by atoms with Crippen molar-refractivity contribution in [2.24, 2.45) is 0 Å². The number of aromatic nitrogens is 1. The van der Waals surface area contributed by atoms with Crippen LogP contribution in [0.5, 0.6) is 0 Å². The Bertz CT molecular complexity index is 490. The fourth-order valence-corrected chi connectivity index (χ4v) is 2.10. The summed E-state index contributed by atoms with van der Waals surface area (Å²) in [5.74, 6) is 0. The average Bonchev–Trinajstić information content (AvgIpc) is 2.76. The van der Waals surface area contributed by atoms with Crippen molar-refractivity contribution < 1.29 is 4.74 Å². The van der Waals surface area contributed by atoms with E-state index in [-0.39, 0.29) is 0 Å². The van der Waals surface area contributed by atoms with Crippen molar-refractivity contribution in [3.63, 3.8) is 0 Å². The van der Waals surface area contributed by atoms with Crippen LogP contribution in [-0.2, 0) is 11.3 Å². The molecule has 0 atom stereocenters. The Kier molecular flexibility index (Phi) is 4.79. The van der Waals surface area contributed by atoms with Gasteiger partial charge in [-0.1, -0.05) is 12.1 Å². The number of fused-ring (bicyclic) bond motifs is 1. The maximum atomic E-state index is 5.29. The lowest BCUT2D eigenvalue weighted by Gasteiger charge is -2.08. The number of nitrogens with zero attached hydrogens (tertiary/aromatic N) is 1. The zero-order valence-corrected chi connectivity index (χ0v) is 11.3. The highest BCUT2D eigenvalue weighted by Gasteiger charge is 2.00. The molecule has 0 saturated carbocycles. The van der Waals surface area contributed by atoms with Crippen molar-refractivity contribution >= 4 is 10.9 Å². The summed E-state index contributed by atoms with van der Waals surface area (Å²) < 4.78 is 7.59. The van der Waals surface area contributed by atoms with E-state index in [0.717, 1.165) is 32.8 Å². The van der Waals surface area contributed by atoms with Crippen molar-refractivity contribution in [2.75, 3.05) is 26.3 Å². The lowest BCUT2D eigenvalue weighted by Crippen LogP contribution is -2.23. The number of hydrogen-bond acceptors (Lipinski definition) is 2. The molecule has 2 rings (SSSR count). The number of rotatable bonds is 7. The van der Waals surface area contributed by atoms with Gasteiger partial charge in [0.1, 0.15) is 0 Å². The maximum absolute atomic E-state index is 5.29. The van der Waals surface area contributed by atoms with Crippen LogP contribution in [-0.4, -0.2) is 30.9 Å². The first-order chi connectivity index (χ1) is 8.81. The van der Waals surface area contributed by atoms with Gasteiger partial charge in [0.2, 0.25) is 0 Å². The summed E-state index contributed by atoms with van der Waals surface area (Å²) in [6.07, 6.45) is 2.16. The number of hydrogen-bond donors (Lipinski definition) is 1. The van der Waals surface area contributed by atoms with Gasteiger partial charge in [0.15, 0.2) is 0 Å². The fraction of sp³-hybridized carbons (Fsp3) is 0.467. The van der Waals surface area contributed by atoms with Gasteiger partial charge in [0.05, 0.1) is 6.61 Å². The first kappa shape index (κ1) is 13.1. The summed E-state index contributed by atoms with van der Waals surface area (Å²) in [4.78, 5) is 0. The highest BCUT2D eigenvalue weighted by Crippen LogP contribution is 2.16. The third-order valence-electron chi connectivity index (χ3n) is 3.09. The monoisotopic (exact) mass is 246 g/mol. The van der Waals surface area contributed by atoms with Crippen molar-refractivity contribution in [1.82, 2.24) is 9.88 Å². The van der Waals surface area contributed by atoms with Crippen LogP contribution in [0.4, 0.5) is 0 Å². The minimum absolute atomic E-state index is 0.794. The topological polar surface area (TPSA) is 26.2 Å². The van der Waals surface area contributed by atoms with Gasteiger partial charge >= 0.3 is 0 Å². The Morgan fingerprint density at radius 3 is 2.94 bits per heavy atom. The molecule has 0 aliphatic rings. The van der Waals surface area contributed by atoms with E-state index >= 15 is 0 Å². The number of aryl methyl sites for hydroxylation is 1. The number of nitrogens with one attached hydrogen (secondary N) is 1. The summed E-state index contributed by atoms with van der Waals surface area (Å²) >= 11 is 0. The molecule has 0 fully saturated rings. The highest BCUT2D eigenvalue weighted by molar-refractivity contribution is 5.80. The molecule has 0 radical (unpaired) electrons. The Morgan fingerprint density at radius 2 is 2.11 bits per heavy atom. The number of ether oxygens (including phenoxy) is 1. The predicted octanol–water partition coefficient (Wildman–Crippen LogP) is 2.58. The molecular weight excluding hydrogens is 224 g/mol. The van der Waals surface area contributed by atoms with E-state index in [1.165, 1.54) is 16.5 Å². The van der Waals surface area contributed by atoms with Crippen LogP contribution >= 0.6 is 0 Å². The molecule has 0 aliphatic carbocycles. The van der Waals surface area contributed by atoms with Gasteiger partial charge in [0.25, 0.3) is 0 Å². The Balaban J connectivity index is 1.86. The fourth-order valence-electron chi connectivity index (χ4n) is 2.10. The van der Waals surface area contributed by atoms with Gasteiger partial charge in [-0.3, -0.25) is 0 Å². The molecule has 98 valence electrons. The molecule has 1 aromatic carbocycles. The van der Waals surface area contributed by atoms with Crippen molar-refractivity contribution in [3.05, 3.63) is 36.0 Å². The molecule has 3 nitrogen and oxygen atoms in total. The molecule has 2 aromatic rings. The smallest absolute Gasteiger partial charge is 0.0590 e. The zero-order valence-electron chi connectivity index (χ0n) is 11.3. The van der Waals surface area contributed by atoms with E-state index in [1.807, 2.05) is 6.92 Å². The Hall–Kier alpha value is -1.32. The van der Waals surface area contributed by atoms with Crippen molar-refractivity contribution in [1.29, 1.82) is 0 Å². The second kappa shape index (κ2) is 6.57. The maximum Gasteiger partial charge on any atom is 0.0590 e. The highest BCUT2D eigenvalue weighted by atomic mass is 16.5. The lowest BCUT2D eigenvalue weighted by atomic mass is 10.2. The first-order valence-electron chi connectivity index (χ1n) is 6.65. The summed E-state index contributed by atoms with van der Waals surface area (Å²) in [6, 6.07) is 8.77. The minimum Gasteiger partial charge on any atom is -0.380 e. The molecule has 0 unspecified atom stereocenters. The van der Waals surface area contributed by atoms with Crippen LogP contribution in [0.2, 0.25) is 0 Å². The summed E-state index contributed by atoms with van der Waals surface area (Å²) in [6.45, 7) is 8.65. The van der Waals surface area contributed by atoms with E-state index in [4.69, 9.17) is 4.74 Å². The van der Waals surface area contributed by atoms with Gasteiger partial charge in [-0.15, -0.1) is 0 Å². The minimum atomic E-state index is 0.794. The third-order valence-corrected chi connectivity index (χ3v) is 3.09. The van der Waals surface area contributed by atoms with Gasteiger partial charge in [-0.2, -0.15) is 0 Å². The van der Waals surface area contributed by atoms with E-state index in [2.05, 4.69) is 47.3 Å². The van der Waals surface area contributed by atoms with E-state index in [9.17, 15) is 0 Å². The second-order valence-corrected chi connectivity index (χ2v) is 4.52. The standard InChI is InChI=1S/C15H22N2O/c1-3-18-11-8-16-7-10-17-9-6-14-5-4-13(2)12-15(14)17/h4-6,9,12,16H,3,7-8,10-11H2,1-2H3.